The molecule has 1 unspecified atom stereocenters. The molecule has 1 rings (SSSR count). The van der Waals surface area contributed by atoms with Crippen LogP contribution >= 0.6 is 0 Å². The Morgan fingerprint density at radius 2 is 2.00 bits per heavy atom. The fourth-order valence-corrected chi connectivity index (χ4v) is 1.62. The number of carbonyl (C=O) groups excluding carboxylic acids is 1. The highest BCUT2D eigenvalue weighted by Gasteiger charge is 2.07. The third-order valence-corrected chi connectivity index (χ3v) is 2.41. The van der Waals surface area contributed by atoms with E-state index in [4.69, 9.17) is 0 Å². The van der Waals surface area contributed by atoms with Crippen LogP contribution in [0.4, 0.5) is 4.39 Å². The smallest absolute Gasteiger partial charge is 0.224 e. The monoisotopic (exact) mass is 223 g/mol. The van der Waals surface area contributed by atoms with Crippen molar-refractivity contribution in [3.8, 4) is 0 Å². The fourth-order valence-electron chi connectivity index (χ4n) is 1.62. The second-order valence-electron chi connectivity index (χ2n) is 4.06. The first-order chi connectivity index (χ1) is 7.61. The molecule has 0 fully saturated rings. The summed E-state index contributed by atoms with van der Waals surface area (Å²) < 4.78 is 12.6. The van der Waals surface area contributed by atoms with Crippen LogP contribution in [0.1, 0.15) is 32.3 Å². The molecule has 0 bridgehead atoms. The lowest BCUT2D eigenvalue weighted by Gasteiger charge is -2.12. The molecule has 0 saturated carbocycles. The molecule has 0 heterocycles. The molecule has 0 aliphatic heterocycles. The number of benzene rings is 1. The number of amides is 1. The Morgan fingerprint density at radius 1 is 1.38 bits per heavy atom. The van der Waals surface area contributed by atoms with Crippen LogP contribution in [-0.4, -0.2) is 11.9 Å². The Labute approximate surface area is 95.9 Å². The summed E-state index contributed by atoms with van der Waals surface area (Å²) in [6, 6.07) is 6.23. The van der Waals surface area contributed by atoms with Gasteiger partial charge in [-0.15, -0.1) is 0 Å². The molecular formula is C13H18FNO. The first-order valence-electron chi connectivity index (χ1n) is 5.65. The SMILES string of the molecule is CCCC(C)NC(=O)Cc1ccc(F)cc1. The average molecular weight is 223 g/mol. The molecule has 1 atom stereocenters. The van der Waals surface area contributed by atoms with Gasteiger partial charge in [-0.3, -0.25) is 4.79 Å². The maximum absolute atomic E-state index is 12.6. The molecule has 3 heteroatoms. The lowest BCUT2D eigenvalue weighted by Crippen LogP contribution is -2.33. The Bertz CT molecular complexity index is 334. The van der Waals surface area contributed by atoms with Crippen molar-refractivity contribution in [1.82, 2.24) is 5.32 Å². The third kappa shape index (κ3) is 4.43. The van der Waals surface area contributed by atoms with Crippen LogP contribution in [0.3, 0.4) is 0 Å². The zero-order valence-electron chi connectivity index (χ0n) is 9.79. The number of nitrogens with one attached hydrogen (secondary N) is 1. The van der Waals surface area contributed by atoms with Crippen molar-refractivity contribution in [3.05, 3.63) is 35.6 Å². The van der Waals surface area contributed by atoms with E-state index in [1.54, 1.807) is 12.1 Å². The summed E-state index contributed by atoms with van der Waals surface area (Å²) in [5.74, 6) is -0.281. The van der Waals surface area contributed by atoms with E-state index in [2.05, 4.69) is 12.2 Å². The molecule has 0 spiro atoms. The lowest BCUT2D eigenvalue weighted by molar-refractivity contribution is -0.121. The average Bonchev–Trinajstić information content (AvgIpc) is 2.21. The number of carbonyl (C=O) groups is 1. The van der Waals surface area contributed by atoms with Crippen LogP contribution in [-0.2, 0) is 11.2 Å². The summed E-state index contributed by atoms with van der Waals surface area (Å²) in [6.45, 7) is 4.08. The highest BCUT2D eigenvalue weighted by molar-refractivity contribution is 5.78. The zero-order valence-corrected chi connectivity index (χ0v) is 9.79. The summed E-state index contributed by atoms with van der Waals surface area (Å²) in [7, 11) is 0. The zero-order chi connectivity index (χ0) is 12.0. The minimum absolute atomic E-state index is 0.00689. The Balaban J connectivity index is 2.42. The quantitative estimate of drug-likeness (QED) is 0.817. The standard InChI is InChI=1S/C13H18FNO/c1-3-4-10(2)15-13(16)9-11-5-7-12(14)8-6-11/h5-8,10H,3-4,9H2,1-2H3,(H,15,16). The van der Waals surface area contributed by atoms with Gasteiger partial charge in [0.1, 0.15) is 5.82 Å². The van der Waals surface area contributed by atoms with E-state index in [0.717, 1.165) is 18.4 Å². The second-order valence-corrected chi connectivity index (χ2v) is 4.06. The molecule has 16 heavy (non-hydrogen) atoms. The van der Waals surface area contributed by atoms with Crippen LogP contribution in [0.15, 0.2) is 24.3 Å². The van der Waals surface area contributed by atoms with Gasteiger partial charge in [0, 0.05) is 6.04 Å². The van der Waals surface area contributed by atoms with Crippen molar-refractivity contribution < 1.29 is 9.18 Å². The van der Waals surface area contributed by atoms with Gasteiger partial charge in [-0.1, -0.05) is 25.5 Å². The molecule has 1 aromatic carbocycles. The van der Waals surface area contributed by atoms with Crippen molar-refractivity contribution in [3.63, 3.8) is 0 Å². The van der Waals surface area contributed by atoms with E-state index in [1.165, 1.54) is 12.1 Å². The Hall–Kier alpha value is -1.38. The number of rotatable bonds is 5. The van der Waals surface area contributed by atoms with E-state index in [1.807, 2.05) is 6.92 Å². The highest BCUT2D eigenvalue weighted by atomic mass is 19.1. The molecule has 2 nitrogen and oxygen atoms in total. The lowest BCUT2D eigenvalue weighted by atomic mass is 10.1. The predicted molar refractivity (Wildman–Crippen MR) is 62.6 cm³/mol. The predicted octanol–water partition coefficient (Wildman–Crippen LogP) is 2.67. The van der Waals surface area contributed by atoms with Crippen molar-refractivity contribution in [1.29, 1.82) is 0 Å². The van der Waals surface area contributed by atoms with Gasteiger partial charge in [0.25, 0.3) is 0 Å². The summed E-state index contributed by atoms with van der Waals surface area (Å²) in [5.41, 5.74) is 0.836. The largest absolute Gasteiger partial charge is 0.353 e. The van der Waals surface area contributed by atoms with Gasteiger partial charge in [0.2, 0.25) is 5.91 Å². The van der Waals surface area contributed by atoms with E-state index < -0.39 is 0 Å². The van der Waals surface area contributed by atoms with Gasteiger partial charge in [-0.2, -0.15) is 0 Å². The van der Waals surface area contributed by atoms with Gasteiger partial charge in [-0.05, 0) is 31.0 Å². The van der Waals surface area contributed by atoms with Crippen molar-refractivity contribution in [2.75, 3.05) is 0 Å². The molecule has 1 aromatic rings. The number of hydrogen-bond donors (Lipinski definition) is 1. The molecule has 0 saturated heterocycles. The summed E-state index contributed by atoms with van der Waals surface area (Å²) in [4.78, 5) is 11.6. The van der Waals surface area contributed by atoms with Crippen molar-refractivity contribution in [2.24, 2.45) is 0 Å². The second kappa shape index (κ2) is 6.26. The maximum atomic E-state index is 12.6. The van der Waals surface area contributed by atoms with Gasteiger partial charge in [0.05, 0.1) is 6.42 Å². The third-order valence-electron chi connectivity index (χ3n) is 2.41. The van der Waals surface area contributed by atoms with Crippen molar-refractivity contribution in [2.45, 2.75) is 39.2 Å². The van der Waals surface area contributed by atoms with Crippen LogP contribution < -0.4 is 5.32 Å². The number of hydrogen-bond acceptors (Lipinski definition) is 1. The summed E-state index contributed by atoms with van der Waals surface area (Å²) in [6.07, 6.45) is 2.35. The minimum atomic E-state index is -0.275. The van der Waals surface area contributed by atoms with E-state index in [-0.39, 0.29) is 17.8 Å². The molecular weight excluding hydrogens is 205 g/mol. The molecule has 0 aliphatic carbocycles. The van der Waals surface area contributed by atoms with Gasteiger partial charge < -0.3 is 5.32 Å². The topological polar surface area (TPSA) is 29.1 Å². The molecule has 0 aromatic heterocycles. The van der Waals surface area contributed by atoms with Gasteiger partial charge in [0.15, 0.2) is 0 Å². The first-order valence-corrected chi connectivity index (χ1v) is 5.65. The Morgan fingerprint density at radius 3 is 2.56 bits per heavy atom. The summed E-state index contributed by atoms with van der Waals surface area (Å²) in [5, 5.41) is 2.91. The number of halogens is 1. The molecule has 1 N–H and O–H groups in total. The van der Waals surface area contributed by atoms with E-state index in [9.17, 15) is 9.18 Å². The van der Waals surface area contributed by atoms with Crippen LogP contribution in [0.2, 0.25) is 0 Å². The molecule has 88 valence electrons. The van der Waals surface area contributed by atoms with Crippen molar-refractivity contribution >= 4 is 5.91 Å². The van der Waals surface area contributed by atoms with Gasteiger partial charge in [-0.25, -0.2) is 4.39 Å². The minimum Gasteiger partial charge on any atom is -0.353 e. The van der Waals surface area contributed by atoms with Crippen LogP contribution in [0, 0.1) is 5.82 Å². The first kappa shape index (κ1) is 12.7. The van der Waals surface area contributed by atoms with E-state index in [0.29, 0.717) is 6.42 Å². The highest BCUT2D eigenvalue weighted by Crippen LogP contribution is 2.04. The molecule has 0 aliphatic rings. The normalized spacial score (nSPS) is 12.2. The molecule has 0 radical (unpaired) electrons. The fraction of sp³-hybridized carbons (Fsp3) is 0.462. The van der Waals surface area contributed by atoms with Crippen LogP contribution in [0.5, 0.6) is 0 Å². The van der Waals surface area contributed by atoms with E-state index >= 15 is 0 Å². The Kier molecular flexibility index (Phi) is 4.96. The maximum Gasteiger partial charge on any atom is 0.224 e. The summed E-state index contributed by atoms with van der Waals surface area (Å²) >= 11 is 0. The van der Waals surface area contributed by atoms with Gasteiger partial charge >= 0.3 is 0 Å². The van der Waals surface area contributed by atoms with Crippen LogP contribution in [0.25, 0.3) is 0 Å². The molecule has 1 amide bonds.